The summed E-state index contributed by atoms with van der Waals surface area (Å²) in [5, 5.41) is 2.79. The SMILES string of the molecule is CCOC(=O)Cn1cc(NC(=O)CCCCN(CC)c2cncc(C#CCOC3CCN(C(=O)OC(C)(C)C)CC3)c2)ccc1=O. The van der Waals surface area contributed by atoms with Crippen molar-refractivity contribution in [2.75, 3.05) is 49.6 Å². The molecule has 1 fully saturated rings. The molecule has 1 N–H and O–H groups in total. The summed E-state index contributed by atoms with van der Waals surface area (Å²) in [5.41, 5.74) is 1.34. The zero-order chi connectivity index (χ0) is 33.5. The van der Waals surface area contributed by atoms with Crippen LogP contribution in [0.15, 0.2) is 41.6 Å². The van der Waals surface area contributed by atoms with Crippen LogP contribution in [0, 0.1) is 11.8 Å². The second kappa shape index (κ2) is 17.9. The normalized spacial score (nSPS) is 13.4. The monoisotopic (exact) mass is 637 g/mol. The molecule has 2 amide bonds. The van der Waals surface area contributed by atoms with Crippen molar-refractivity contribution in [1.82, 2.24) is 14.5 Å². The van der Waals surface area contributed by atoms with Gasteiger partial charge in [0.25, 0.3) is 5.56 Å². The summed E-state index contributed by atoms with van der Waals surface area (Å²) in [6, 6.07) is 4.83. The van der Waals surface area contributed by atoms with Crippen molar-refractivity contribution in [2.24, 2.45) is 0 Å². The number of nitrogens with zero attached hydrogens (tertiary/aromatic N) is 4. The lowest BCUT2D eigenvalue weighted by atomic mass is 10.1. The van der Waals surface area contributed by atoms with E-state index in [9.17, 15) is 19.2 Å². The smallest absolute Gasteiger partial charge is 0.410 e. The van der Waals surface area contributed by atoms with Crippen LogP contribution in [0.2, 0.25) is 0 Å². The lowest BCUT2D eigenvalue weighted by Crippen LogP contribution is -2.43. The Morgan fingerprint density at radius 2 is 1.87 bits per heavy atom. The second-order valence-electron chi connectivity index (χ2n) is 12.0. The highest BCUT2D eigenvalue weighted by molar-refractivity contribution is 5.90. The maximum Gasteiger partial charge on any atom is 0.410 e. The van der Waals surface area contributed by atoms with E-state index in [1.807, 2.05) is 33.0 Å². The number of aromatic nitrogens is 2. The summed E-state index contributed by atoms with van der Waals surface area (Å²) in [6.45, 7) is 12.4. The number of likely N-dealkylation sites (tertiary alicyclic amines) is 1. The van der Waals surface area contributed by atoms with Crippen LogP contribution in [-0.4, -0.2) is 83.5 Å². The number of hydrogen-bond acceptors (Lipinski definition) is 9. The summed E-state index contributed by atoms with van der Waals surface area (Å²) in [5.74, 6) is 5.54. The fourth-order valence-electron chi connectivity index (χ4n) is 4.85. The fourth-order valence-corrected chi connectivity index (χ4v) is 4.85. The van der Waals surface area contributed by atoms with Gasteiger partial charge in [-0.05, 0) is 72.4 Å². The van der Waals surface area contributed by atoms with Gasteiger partial charge in [0.1, 0.15) is 18.8 Å². The highest BCUT2D eigenvalue weighted by atomic mass is 16.6. The van der Waals surface area contributed by atoms with Gasteiger partial charge in [0.2, 0.25) is 5.91 Å². The summed E-state index contributed by atoms with van der Waals surface area (Å²) in [7, 11) is 0. The number of pyridine rings is 2. The van der Waals surface area contributed by atoms with Crippen molar-refractivity contribution in [3.63, 3.8) is 0 Å². The van der Waals surface area contributed by atoms with Crippen LogP contribution in [0.1, 0.15) is 72.3 Å². The first kappa shape index (κ1) is 36.1. The summed E-state index contributed by atoms with van der Waals surface area (Å²) < 4.78 is 17.5. The number of amides is 2. The first-order valence-electron chi connectivity index (χ1n) is 15.9. The van der Waals surface area contributed by atoms with Gasteiger partial charge in [-0.1, -0.05) is 11.8 Å². The lowest BCUT2D eigenvalue weighted by molar-refractivity contribution is -0.143. The van der Waals surface area contributed by atoms with Gasteiger partial charge in [-0.15, -0.1) is 0 Å². The van der Waals surface area contributed by atoms with Gasteiger partial charge in [-0.25, -0.2) is 4.79 Å². The van der Waals surface area contributed by atoms with Gasteiger partial charge < -0.3 is 33.9 Å². The van der Waals surface area contributed by atoms with Crippen molar-refractivity contribution >= 4 is 29.3 Å². The largest absolute Gasteiger partial charge is 0.465 e. The molecule has 2 aromatic rings. The summed E-state index contributed by atoms with van der Waals surface area (Å²) in [6.07, 6.45) is 8.03. The minimum atomic E-state index is -0.513. The molecule has 1 aliphatic heterocycles. The maximum atomic E-state index is 12.5. The predicted molar refractivity (Wildman–Crippen MR) is 176 cm³/mol. The van der Waals surface area contributed by atoms with Gasteiger partial charge in [-0.3, -0.25) is 19.4 Å². The highest BCUT2D eigenvalue weighted by Gasteiger charge is 2.27. The van der Waals surface area contributed by atoms with Crippen LogP contribution in [-0.2, 0) is 30.3 Å². The van der Waals surface area contributed by atoms with E-state index in [4.69, 9.17) is 14.2 Å². The molecule has 250 valence electrons. The molecule has 1 saturated heterocycles. The van der Waals surface area contributed by atoms with Crippen LogP contribution in [0.5, 0.6) is 0 Å². The molecule has 0 spiro atoms. The topological polar surface area (TPSA) is 132 Å². The number of rotatable bonds is 13. The molecule has 3 rings (SSSR count). The molecule has 0 atom stereocenters. The van der Waals surface area contributed by atoms with E-state index in [-0.39, 0.29) is 36.8 Å². The Morgan fingerprint density at radius 1 is 1.11 bits per heavy atom. The Balaban J connectivity index is 1.40. The number of ether oxygens (including phenoxy) is 3. The molecule has 0 aliphatic carbocycles. The van der Waals surface area contributed by atoms with Crippen molar-refractivity contribution in [1.29, 1.82) is 0 Å². The minimum Gasteiger partial charge on any atom is -0.465 e. The van der Waals surface area contributed by atoms with Gasteiger partial charge in [0.05, 0.1) is 30.3 Å². The molecule has 12 heteroatoms. The molecule has 0 bridgehead atoms. The van der Waals surface area contributed by atoms with Crippen molar-refractivity contribution < 1.29 is 28.6 Å². The Labute approximate surface area is 271 Å². The Bertz CT molecular complexity index is 1430. The molecule has 1 aliphatic rings. The first-order chi connectivity index (χ1) is 22.0. The Hall–Kier alpha value is -4.37. The first-order valence-corrected chi connectivity index (χ1v) is 15.9. The van der Waals surface area contributed by atoms with Crippen molar-refractivity contribution in [3.8, 4) is 11.8 Å². The third-order valence-corrected chi connectivity index (χ3v) is 7.14. The quantitative estimate of drug-likeness (QED) is 0.195. The number of nitrogens with one attached hydrogen (secondary N) is 1. The number of piperidine rings is 1. The van der Waals surface area contributed by atoms with E-state index in [0.29, 0.717) is 38.2 Å². The molecule has 0 radical (unpaired) electrons. The second-order valence-corrected chi connectivity index (χ2v) is 12.0. The highest BCUT2D eigenvalue weighted by Crippen LogP contribution is 2.18. The van der Waals surface area contributed by atoms with E-state index in [2.05, 4.69) is 34.0 Å². The van der Waals surface area contributed by atoms with E-state index >= 15 is 0 Å². The van der Waals surface area contributed by atoms with Gasteiger partial charge >= 0.3 is 12.1 Å². The molecule has 0 unspecified atom stereocenters. The predicted octanol–water partition coefficient (Wildman–Crippen LogP) is 4.21. The van der Waals surface area contributed by atoms with Crippen molar-refractivity contribution in [2.45, 2.75) is 85.0 Å². The Morgan fingerprint density at radius 3 is 2.57 bits per heavy atom. The van der Waals surface area contributed by atoms with Gasteiger partial charge in [-0.2, -0.15) is 0 Å². The van der Waals surface area contributed by atoms with Crippen molar-refractivity contribution in [3.05, 3.63) is 52.7 Å². The number of anilines is 2. The standard InChI is InChI=1S/C34H47N5O7/c1-6-37(17-9-8-12-30(40)36-27-13-14-31(41)39(24-27)25-32(42)44-7-2)28-21-26(22-35-23-28)11-10-20-45-29-15-18-38(19-16-29)33(43)46-34(3,4)5/h13-14,21-24,29H,6-9,12,15-20,25H2,1-5H3,(H,36,40). The van der Waals surface area contributed by atoms with E-state index in [0.717, 1.165) is 43.6 Å². The minimum absolute atomic E-state index is 0.0567. The number of esters is 1. The average molecular weight is 638 g/mol. The number of carbonyl (C=O) groups excluding carboxylic acids is 3. The third-order valence-electron chi connectivity index (χ3n) is 7.14. The van der Waals surface area contributed by atoms with E-state index < -0.39 is 11.6 Å². The zero-order valence-electron chi connectivity index (χ0n) is 27.7. The lowest BCUT2D eigenvalue weighted by Gasteiger charge is -2.33. The van der Waals surface area contributed by atoms with Crippen LogP contribution >= 0.6 is 0 Å². The van der Waals surface area contributed by atoms with E-state index in [1.165, 1.54) is 22.9 Å². The number of unbranched alkanes of at least 4 members (excludes halogenated alkanes) is 1. The van der Waals surface area contributed by atoms with Gasteiger partial charge in [0.15, 0.2) is 0 Å². The molecule has 3 heterocycles. The van der Waals surface area contributed by atoms with Crippen LogP contribution in [0.25, 0.3) is 0 Å². The molecule has 46 heavy (non-hydrogen) atoms. The molecular formula is C34H47N5O7. The van der Waals surface area contributed by atoms with Crippen LogP contribution in [0.4, 0.5) is 16.2 Å². The summed E-state index contributed by atoms with van der Waals surface area (Å²) in [4.78, 5) is 56.8. The average Bonchev–Trinajstić information content (AvgIpc) is 3.01. The number of hydrogen-bond donors (Lipinski definition) is 1. The molecular weight excluding hydrogens is 590 g/mol. The third kappa shape index (κ3) is 12.6. The Kier molecular flexibility index (Phi) is 14.1. The molecule has 12 nitrogen and oxygen atoms in total. The molecule has 0 aromatic carbocycles. The zero-order valence-corrected chi connectivity index (χ0v) is 27.7. The fraction of sp³-hybridized carbons (Fsp3) is 0.559. The number of carbonyl (C=O) groups is 3. The molecule has 2 aromatic heterocycles. The summed E-state index contributed by atoms with van der Waals surface area (Å²) >= 11 is 0. The van der Waals surface area contributed by atoms with Gasteiger partial charge in [0, 0.05) is 56.6 Å². The van der Waals surface area contributed by atoms with Crippen LogP contribution in [0.3, 0.4) is 0 Å². The maximum absolute atomic E-state index is 12.5. The molecule has 0 saturated carbocycles. The van der Waals surface area contributed by atoms with E-state index in [1.54, 1.807) is 18.0 Å². The van der Waals surface area contributed by atoms with Crippen LogP contribution < -0.4 is 15.8 Å².